The Morgan fingerprint density at radius 3 is 2.56 bits per heavy atom. The molecule has 1 aromatic carbocycles. The van der Waals surface area contributed by atoms with Gasteiger partial charge >= 0.3 is 6.36 Å². The normalized spacial score (nSPS) is 18.1. The predicted octanol–water partition coefficient (Wildman–Crippen LogP) is 2.16. The molecule has 0 N–H and O–H groups in total. The Labute approximate surface area is 181 Å². The maximum Gasteiger partial charge on any atom is 0.573 e. The Morgan fingerprint density at radius 1 is 1.19 bits per heavy atom. The summed E-state index contributed by atoms with van der Waals surface area (Å²) in [7, 11) is -3.98. The molecule has 1 fully saturated rings. The van der Waals surface area contributed by atoms with Crippen LogP contribution in [-0.2, 0) is 10.0 Å². The number of rotatable bonds is 4. The minimum atomic E-state index is -4.87. The second-order valence-corrected chi connectivity index (χ2v) is 9.07. The number of ether oxygens (including phenoxy) is 1. The second-order valence-electron chi connectivity index (χ2n) is 7.18. The lowest BCUT2D eigenvalue weighted by Gasteiger charge is -2.38. The topological polar surface area (TPSA) is 97.1 Å². The molecule has 1 aliphatic heterocycles. The molecule has 3 heterocycles. The maximum absolute atomic E-state index is 13.0. The summed E-state index contributed by atoms with van der Waals surface area (Å²) in [6.07, 6.45) is -0.236. The van der Waals surface area contributed by atoms with Crippen molar-refractivity contribution < 1.29 is 31.1 Å². The van der Waals surface area contributed by atoms with E-state index in [1.54, 1.807) is 25.4 Å². The van der Waals surface area contributed by atoms with Gasteiger partial charge in [-0.3, -0.25) is 4.79 Å². The Morgan fingerprint density at radius 2 is 1.91 bits per heavy atom. The zero-order valence-electron chi connectivity index (χ0n) is 16.7. The summed E-state index contributed by atoms with van der Waals surface area (Å²) >= 11 is 0. The summed E-state index contributed by atoms with van der Waals surface area (Å²) in [6.45, 7) is 1.97. The van der Waals surface area contributed by atoms with Crippen LogP contribution in [0.2, 0.25) is 0 Å². The summed E-state index contributed by atoms with van der Waals surface area (Å²) < 4.78 is 69.5. The number of fused-ring (bicyclic) bond motifs is 1. The zero-order chi connectivity index (χ0) is 23.1. The number of carbonyl (C=O) groups excluding carboxylic acids is 1. The van der Waals surface area contributed by atoms with Crippen LogP contribution >= 0.6 is 0 Å². The third-order valence-electron chi connectivity index (χ3n) is 5.03. The number of benzene rings is 1. The molecule has 1 aliphatic rings. The lowest BCUT2D eigenvalue weighted by molar-refractivity contribution is -0.274. The largest absolute Gasteiger partial charge is 0.573 e. The van der Waals surface area contributed by atoms with E-state index in [2.05, 4.69) is 14.8 Å². The first-order valence-corrected chi connectivity index (χ1v) is 11.0. The summed E-state index contributed by atoms with van der Waals surface area (Å²) in [6, 6.07) is 5.14. The van der Waals surface area contributed by atoms with Gasteiger partial charge in [0.05, 0.1) is 11.1 Å². The zero-order valence-corrected chi connectivity index (χ0v) is 17.5. The van der Waals surface area contributed by atoms with Gasteiger partial charge in [0.25, 0.3) is 5.91 Å². The monoisotopic (exact) mass is 469 g/mol. The van der Waals surface area contributed by atoms with Crippen LogP contribution in [0.4, 0.5) is 13.2 Å². The van der Waals surface area contributed by atoms with Gasteiger partial charge < -0.3 is 9.64 Å². The van der Waals surface area contributed by atoms with Gasteiger partial charge in [0.15, 0.2) is 5.65 Å². The molecule has 32 heavy (non-hydrogen) atoms. The smallest absolute Gasteiger partial charge is 0.406 e. The molecule has 2 aromatic heterocycles. The van der Waals surface area contributed by atoms with Crippen LogP contribution in [0.3, 0.4) is 0 Å². The average Bonchev–Trinajstić information content (AvgIpc) is 3.16. The maximum atomic E-state index is 13.0. The lowest BCUT2D eigenvalue weighted by Crippen LogP contribution is -2.55. The minimum Gasteiger partial charge on any atom is -0.406 e. The van der Waals surface area contributed by atoms with E-state index in [1.807, 2.05) is 0 Å². The molecule has 3 aromatic rings. The number of hydrogen-bond acceptors (Lipinski definition) is 6. The molecule has 9 nitrogen and oxygen atoms in total. The van der Waals surface area contributed by atoms with E-state index in [1.165, 1.54) is 19.9 Å². The Kier molecular flexibility index (Phi) is 5.54. The molecule has 0 bridgehead atoms. The van der Waals surface area contributed by atoms with Gasteiger partial charge in [0.1, 0.15) is 11.3 Å². The molecule has 0 saturated carbocycles. The highest BCUT2D eigenvalue weighted by Crippen LogP contribution is 2.27. The van der Waals surface area contributed by atoms with Crippen molar-refractivity contribution in [3.8, 4) is 5.75 Å². The highest BCUT2D eigenvalue weighted by Gasteiger charge is 2.36. The van der Waals surface area contributed by atoms with Gasteiger partial charge in [-0.05, 0) is 37.3 Å². The van der Waals surface area contributed by atoms with Crippen LogP contribution in [0, 0.1) is 0 Å². The van der Waals surface area contributed by atoms with Gasteiger partial charge in [-0.25, -0.2) is 17.9 Å². The molecular formula is C19H18F3N5O4S. The highest BCUT2D eigenvalue weighted by atomic mass is 32.2. The van der Waals surface area contributed by atoms with Crippen LogP contribution in [0.1, 0.15) is 17.3 Å². The van der Waals surface area contributed by atoms with E-state index in [0.717, 1.165) is 24.3 Å². The van der Waals surface area contributed by atoms with E-state index in [0.29, 0.717) is 11.2 Å². The molecule has 0 unspecified atom stereocenters. The van der Waals surface area contributed by atoms with Crippen LogP contribution in [0.15, 0.2) is 53.8 Å². The molecule has 0 spiro atoms. The van der Waals surface area contributed by atoms with Crippen molar-refractivity contribution in [2.24, 2.45) is 0 Å². The van der Waals surface area contributed by atoms with Gasteiger partial charge in [0.2, 0.25) is 10.0 Å². The fraction of sp³-hybridized carbons (Fsp3) is 0.316. The molecule has 170 valence electrons. The van der Waals surface area contributed by atoms with Crippen LogP contribution in [0.5, 0.6) is 5.75 Å². The number of amides is 1. The average molecular weight is 469 g/mol. The van der Waals surface area contributed by atoms with Crippen molar-refractivity contribution in [3.63, 3.8) is 0 Å². The first-order chi connectivity index (χ1) is 15.1. The van der Waals surface area contributed by atoms with E-state index in [4.69, 9.17) is 0 Å². The van der Waals surface area contributed by atoms with Gasteiger partial charge in [-0.2, -0.15) is 9.40 Å². The van der Waals surface area contributed by atoms with Gasteiger partial charge in [-0.1, -0.05) is 0 Å². The molecule has 1 saturated heterocycles. The van der Waals surface area contributed by atoms with Crippen LogP contribution in [0.25, 0.3) is 5.65 Å². The fourth-order valence-corrected chi connectivity index (χ4v) is 5.19. The van der Waals surface area contributed by atoms with Crippen molar-refractivity contribution in [2.45, 2.75) is 24.2 Å². The summed E-state index contributed by atoms with van der Waals surface area (Å²) in [4.78, 5) is 18.5. The van der Waals surface area contributed by atoms with Crippen LogP contribution < -0.4 is 4.74 Å². The van der Waals surface area contributed by atoms with E-state index >= 15 is 0 Å². The number of sulfonamides is 1. The molecule has 0 radical (unpaired) electrons. The standard InChI is InChI=1S/C19H18F3N5O4S/c1-13-12-25(18(28)16-11-24-26-8-2-7-23-17(16)26)9-10-27(13)32(29,30)15-5-3-14(4-6-15)31-19(20,21)22/h2-8,11,13H,9-10,12H2,1H3/t13-/m0/s1. The van der Waals surface area contributed by atoms with Crippen molar-refractivity contribution in [1.82, 2.24) is 23.8 Å². The molecule has 0 aliphatic carbocycles. The number of carbonyl (C=O) groups is 1. The summed E-state index contributed by atoms with van der Waals surface area (Å²) in [5.41, 5.74) is 0.718. The van der Waals surface area contributed by atoms with E-state index < -0.39 is 28.2 Å². The summed E-state index contributed by atoms with van der Waals surface area (Å²) in [5, 5.41) is 4.10. The SMILES string of the molecule is C[C@H]1CN(C(=O)c2cnn3cccnc23)CCN1S(=O)(=O)c1ccc(OC(F)(F)F)cc1. The van der Waals surface area contributed by atoms with Crippen molar-refractivity contribution in [3.05, 3.63) is 54.5 Å². The molecule has 1 amide bonds. The Hall–Kier alpha value is -3.19. The summed E-state index contributed by atoms with van der Waals surface area (Å²) in [5.74, 6) is -0.821. The van der Waals surface area contributed by atoms with Crippen molar-refractivity contribution in [1.29, 1.82) is 0 Å². The highest BCUT2D eigenvalue weighted by molar-refractivity contribution is 7.89. The van der Waals surface area contributed by atoms with E-state index in [9.17, 15) is 26.4 Å². The minimum absolute atomic E-state index is 0.0304. The van der Waals surface area contributed by atoms with E-state index in [-0.39, 0.29) is 30.4 Å². The third-order valence-corrected chi connectivity index (χ3v) is 7.06. The number of piperazine rings is 1. The molecule has 13 heteroatoms. The Bertz CT molecular complexity index is 1240. The molecule has 4 rings (SSSR count). The fourth-order valence-electron chi connectivity index (χ4n) is 3.58. The van der Waals surface area contributed by atoms with Gasteiger partial charge in [0, 0.05) is 38.1 Å². The molecule has 1 atom stereocenters. The lowest BCUT2D eigenvalue weighted by atomic mass is 10.2. The van der Waals surface area contributed by atoms with Crippen molar-refractivity contribution >= 4 is 21.6 Å². The molecular weight excluding hydrogens is 451 g/mol. The number of aromatic nitrogens is 3. The number of alkyl halides is 3. The first-order valence-electron chi connectivity index (χ1n) is 9.51. The Balaban J connectivity index is 1.48. The number of hydrogen-bond donors (Lipinski definition) is 0. The van der Waals surface area contributed by atoms with Gasteiger partial charge in [-0.15, -0.1) is 13.2 Å². The second kappa shape index (κ2) is 8.06. The number of halogens is 3. The first kappa shape index (κ1) is 22.0. The third kappa shape index (κ3) is 4.25. The quantitative estimate of drug-likeness (QED) is 0.581. The predicted molar refractivity (Wildman–Crippen MR) is 105 cm³/mol. The van der Waals surface area contributed by atoms with Crippen LogP contribution in [-0.4, -0.2) is 70.2 Å². The number of nitrogens with zero attached hydrogens (tertiary/aromatic N) is 5. The van der Waals surface area contributed by atoms with Crippen molar-refractivity contribution in [2.75, 3.05) is 19.6 Å².